The van der Waals surface area contributed by atoms with Crippen LogP contribution in [-0.2, 0) is 6.54 Å². The van der Waals surface area contributed by atoms with Crippen molar-refractivity contribution in [2.45, 2.75) is 56.7 Å². The van der Waals surface area contributed by atoms with Gasteiger partial charge in [0.1, 0.15) is 0 Å². The third kappa shape index (κ3) is 2.00. The van der Waals surface area contributed by atoms with E-state index in [1.54, 1.807) is 4.88 Å². The Labute approximate surface area is 113 Å². The Bertz CT molecular complexity index is 412. The second kappa shape index (κ2) is 4.58. The van der Waals surface area contributed by atoms with E-state index in [1.807, 2.05) is 11.3 Å². The molecule has 0 spiro atoms. The van der Waals surface area contributed by atoms with Crippen LogP contribution < -0.4 is 5.32 Å². The lowest BCUT2D eigenvalue weighted by Crippen LogP contribution is -2.37. The molecule has 2 atom stereocenters. The van der Waals surface area contributed by atoms with Gasteiger partial charge in [-0.3, -0.25) is 4.90 Å². The molecule has 3 fully saturated rings. The van der Waals surface area contributed by atoms with Crippen LogP contribution in [0.25, 0.3) is 0 Å². The van der Waals surface area contributed by atoms with Crippen LogP contribution in [0.3, 0.4) is 0 Å². The van der Waals surface area contributed by atoms with Gasteiger partial charge in [0.2, 0.25) is 0 Å². The molecule has 0 aromatic carbocycles. The topological polar surface area (TPSA) is 28.2 Å². The standard InChI is InChI=1S/C14H21N3S/c1-2-10(1)14-13(18-9-16-14)8-17-11-3-4-12(17)7-15-6-5-11/h9-12,15H,1-8H2. The molecule has 1 aromatic heterocycles. The van der Waals surface area contributed by atoms with E-state index >= 15 is 0 Å². The van der Waals surface area contributed by atoms with Crippen LogP contribution in [0.2, 0.25) is 0 Å². The summed E-state index contributed by atoms with van der Waals surface area (Å²) >= 11 is 1.88. The lowest BCUT2D eigenvalue weighted by Gasteiger charge is -2.27. The molecule has 4 rings (SSSR count). The SMILES string of the molecule is c1nc(C2CC2)c(CN2C3CCNCC2CC3)s1. The lowest BCUT2D eigenvalue weighted by molar-refractivity contribution is 0.194. The molecule has 0 amide bonds. The van der Waals surface area contributed by atoms with Crippen molar-refractivity contribution in [2.24, 2.45) is 0 Å². The Kier molecular flexibility index (Phi) is 2.90. The zero-order valence-corrected chi connectivity index (χ0v) is 11.6. The average molecular weight is 263 g/mol. The van der Waals surface area contributed by atoms with Gasteiger partial charge >= 0.3 is 0 Å². The highest BCUT2D eigenvalue weighted by Crippen LogP contribution is 2.42. The van der Waals surface area contributed by atoms with Crippen LogP contribution >= 0.6 is 11.3 Å². The van der Waals surface area contributed by atoms with Gasteiger partial charge < -0.3 is 5.32 Å². The van der Waals surface area contributed by atoms with E-state index in [9.17, 15) is 0 Å². The van der Waals surface area contributed by atoms with Crippen LogP contribution in [-0.4, -0.2) is 35.1 Å². The molecule has 2 aliphatic heterocycles. The van der Waals surface area contributed by atoms with Crippen molar-refractivity contribution in [2.75, 3.05) is 13.1 Å². The highest BCUT2D eigenvalue weighted by Gasteiger charge is 2.36. The first kappa shape index (κ1) is 11.4. The lowest BCUT2D eigenvalue weighted by atomic mass is 10.1. The first-order chi connectivity index (χ1) is 8.92. The minimum absolute atomic E-state index is 0.770. The van der Waals surface area contributed by atoms with E-state index in [1.165, 1.54) is 50.9 Å². The summed E-state index contributed by atoms with van der Waals surface area (Å²) in [5, 5.41) is 3.58. The van der Waals surface area contributed by atoms with Gasteiger partial charge in [0.25, 0.3) is 0 Å². The first-order valence-corrected chi connectivity index (χ1v) is 8.18. The molecule has 3 heterocycles. The minimum atomic E-state index is 0.770. The second-order valence-corrected chi connectivity index (χ2v) is 6.92. The summed E-state index contributed by atoms with van der Waals surface area (Å²) in [6, 6.07) is 1.59. The fourth-order valence-corrected chi connectivity index (χ4v) is 4.45. The van der Waals surface area contributed by atoms with Crippen molar-refractivity contribution < 1.29 is 0 Å². The van der Waals surface area contributed by atoms with Crippen molar-refractivity contribution in [1.29, 1.82) is 0 Å². The monoisotopic (exact) mass is 263 g/mol. The number of thiazole rings is 1. The van der Waals surface area contributed by atoms with E-state index in [4.69, 9.17) is 0 Å². The van der Waals surface area contributed by atoms with E-state index in [0.717, 1.165) is 24.5 Å². The predicted molar refractivity (Wildman–Crippen MR) is 73.9 cm³/mol. The molecule has 18 heavy (non-hydrogen) atoms. The third-order valence-corrected chi connectivity index (χ3v) is 5.60. The number of fused-ring (bicyclic) bond motifs is 2. The summed E-state index contributed by atoms with van der Waals surface area (Å²) in [5.74, 6) is 0.800. The Morgan fingerprint density at radius 3 is 3.00 bits per heavy atom. The summed E-state index contributed by atoms with van der Waals surface area (Å²) in [6.07, 6.45) is 6.85. The highest BCUT2D eigenvalue weighted by atomic mass is 32.1. The largest absolute Gasteiger partial charge is 0.315 e. The molecule has 0 radical (unpaired) electrons. The number of hydrogen-bond donors (Lipinski definition) is 1. The number of nitrogens with one attached hydrogen (secondary N) is 1. The smallest absolute Gasteiger partial charge is 0.0798 e. The Hall–Kier alpha value is -0.450. The van der Waals surface area contributed by atoms with E-state index in [2.05, 4.69) is 20.7 Å². The van der Waals surface area contributed by atoms with Crippen LogP contribution in [0.1, 0.15) is 48.6 Å². The van der Waals surface area contributed by atoms with Gasteiger partial charge in [-0.25, -0.2) is 4.98 Å². The zero-order chi connectivity index (χ0) is 11.9. The maximum atomic E-state index is 4.61. The van der Waals surface area contributed by atoms with Crippen LogP contribution in [0.4, 0.5) is 0 Å². The van der Waals surface area contributed by atoms with Gasteiger partial charge in [0.15, 0.2) is 0 Å². The summed E-state index contributed by atoms with van der Waals surface area (Å²) in [7, 11) is 0. The van der Waals surface area contributed by atoms with Crippen LogP contribution in [0.5, 0.6) is 0 Å². The van der Waals surface area contributed by atoms with Crippen molar-refractivity contribution in [1.82, 2.24) is 15.2 Å². The minimum Gasteiger partial charge on any atom is -0.315 e. The van der Waals surface area contributed by atoms with Crippen LogP contribution in [0, 0.1) is 0 Å². The zero-order valence-electron chi connectivity index (χ0n) is 10.8. The number of rotatable bonds is 3. The third-order valence-electron chi connectivity index (χ3n) is 4.77. The molecule has 1 aromatic rings. The highest BCUT2D eigenvalue weighted by molar-refractivity contribution is 7.09. The quantitative estimate of drug-likeness (QED) is 0.907. The van der Waals surface area contributed by atoms with Crippen molar-refractivity contribution in [3.8, 4) is 0 Å². The van der Waals surface area contributed by atoms with Gasteiger partial charge in [-0.15, -0.1) is 11.3 Å². The Morgan fingerprint density at radius 1 is 1.22 bits per heavy atom. The summed E-state index contributed by atoms with van der Waals surface area (Å²) in [5.41, 5.74) is 3.48. The van der Waals surface area contributed by atoms with Gasteiger partial charge in [-0.05, 0) is 38.6 Å². The maximum Gasteiger partial charge on any atom is 0.0798 e. The molecule has 1 aliphatic carbocycles. The van der Waals surface area contributed by atoms with Crippen LogP contribution in [0.15, 0.2) is 5.51 Å². The van der Waals surface area contributed by atoms with Gasteiger partial charge in [-0.2, -0.15) is 0 Å². The molecular formula is C14H21N3S. The normalized spacial score (nSPS) is 32.7. The second-order valence-electron chi connectivity index (χ2n) is 5.99. The Morgan fingerprint density at radius 2 is 2.11 bits per heavy atom. The number of aromatic nitrogens is 1. The fourth-order valence-electron chi connectivity index (χ4n) is 3.59. The van der Waals surface area contributed by atoms with E-state index in [0.29, 0.717) is 0 Å². The van der Waals surface area contributed by atoms with E-state index in [-0.39, 0.29) is 0 Å². The molecule has 4 heteroatoms. The predicted octanol–water partition coefficient (Wildman–Crippen LogP) is 2.35. The van der Waals surface area contributed by atoms with Crippen molar-refractivity contribution >= 4 is 11.3 Å². The maximum absolute atomic E-state index is 4.61. The molecule has 1 N–H and O–H groups in total. The molecule has 98 valence electrons. The molecule has 2 bridgehead atoms. The molecule has 2 unspecified atom stereocenters. The first-order valence-electron chi connectivity index (χ1n) is 7.30. The van der Waals surface area contributed by atoms with Gasteiger partial charge in [0, 0.05) is 36.0 Å². The molecule has 1 saturated carbocycles. The molecule has 3 nitrogen and oxygen atoms in total. The van der Waals surface area contributed by atoms with E-state index < -0.39 is 0 Å². The summed E-state index contributed by atoms with van der Waals surface area (Å²) in [6.45, 7) is 3.55. The molecule has 3 aliphatic rings. The molecular weight excluding hydrogens is 242 g/mol. The fraction of sp³-hybridized carbons (Fsp3) is 0.786. The van der Waals surface area contributed by atoms with Crippen molar-refractivity contribution in [3.63, 3.8) is 0 Å². The van der Waals surface area contributed by atoms with Crippen molar-refractivity contribution in [3.05, 3.63) is 16.1 Å². The van der Waals surface area contributed by atoms with Gasteiger partial charge in [0.05, 0.1) is 11.2 Å². The molecule has 2 saturated heterocycles. The number of nitrogens with zero attached hydrogens (tertiary/aromatic N) is 2. The summed E-state index contributed by atoms with van der Waals surface area (Å²) in [4.78, 5) is 8.93. The number of hydrogen-bond acceptors (Lipinski definition) is 4. The average Bonchev–Trinajstić information content (AvgIpc) is 3.02. The van der Waals surface area contributed by atoms with Gasteiger partial charge in [-0.1, -0.05) is 0 Å². The Balaban J connectivity index is 1.54. The summed E-state index contributed by atoms with van der Waals surface area (Å²) < 4.78 is 0.